The number of aromatic amines is 1. The maximum absolute atomic E-state index is 12.1. The van der Waals surface area contributed by atoms with Crippen molar-refractivity contribution >= 4 is 27.5 Å². The van der Waals surface area contributed by atoms with Crippen LogP contribution in [0.1, 0.15) is 22.5 Å². The molecule has 1 N–H and O–H groups in total. The SMILES string of the molecule is C=CCCN(C)C(=O)c1cc2scc(C)c2[nH]1. The third kappa shape index (κ3) is 2.26. The second-order valence-electron chi connectivity index (χ2n) is 4.15. The molecule has 2 heterocycles. The molecular formula is C13H16N2OS. The van der Waals surface area contributed by atoms with Gasteiger partial charge in [0.1, 0.15) is 5.69 Å². The van der Waals surface area contributed by atoms with Crippen molar-refractivity contribution in [1.82, 2.24) is 9.88 Å². The van der Waals surface area contributed by atoms with Gasteiger partial charge in [-0.2, -0.15) is 0 Å². The fourth-order valence-electron chi connectivity index (χ4n) is 1.74. The first kappa shape index (κ1) is 11.9. The standard InChI is InChI=1S/C13H16N2OS/c1-4-5-6-15(3)13(16)10-7-11-12(14-10)9(2)8-17-11/h4,7-8,14H,1,5-6H2,2-3H3. The van der Waals surface area contributed by atoms with Gasteiger partial charge in [0.25, 0.3) is 5.91 Å². The molecule has 0 aliphatic heterocycles. The summed E-state index contributed by atoms with van der Waals surface area (Å²) in [6.45, 7) is 6.41. The van der Waals surface area contributed by atoms with Gasteiger partial charge in [0.05, 0.1) is 10.2 Å². The minimum absolute atomic E-state index is 0.0367. The number of nitrogens with one attached hydrogen (secondary N) is 1. The molecule has 1 amide bonds. The highest BCUT2D eigenvalue weighted by Crippen LogP contribution is 2.26. The van der Waals surface area contributed by atoms with Gasteiger partial charge >= 0.3 is 0 Å². The van der Waals surface area contributed by atoms with Gasteiger partial charge in [0, 0.05) is 13.6 Å². The van der Waals surface area contributed by atoms with E-state index in [2.05, 4.69) is 16.9 Å². The van der Waals surface area contributed by atoms with Crippen LogP contribution >= 0.6 is 11.3 Å². The van der Waals surface area contributed by atoms with Crippen LogP contribution in [-0.4, -0.2) is 29.4 Å². The van der Waals surface area contributed by atoms with Crippen molar-refractivity contribution in [3.05, 3.63) is 35.4 Å². The highest BCUT2D eigenvalue weighted by molar-refractivity contribution is 7.17. The summed E-state index contributed by atoms with van der Waals surface area (Å²) < 4.78 is 1.14. The Morgan fingerprint density at radius 3 is 3.06 bits per heavy atom. The van der Waals surface area contributed by atoms with Gasteiger partial charge in [0.15, 0.2) is 0 Å². The van der Waals surface area contributed by atoms with E-state index in [1.165, 1.54) is 5.56 Å². The number of amides is 1. The van der Waals surface area contributed by atoms with E-state index in [1.54, 1.807) is 16.2 Å². The molecule has 0 radical (unpaired) electrons. The Labute approximate surface area is 105 Å². The van der Waals surface area contributed by atoms with E-state index in [9.17, 15) is 4.79 Å². The third-order valence-electron chi connectivity index (χ3n) is 2.78. The van der Waals surface area contributed by atoms with Gasteiger partial charge in [-0.25, -0.2) is 0 Å². The second kappa shape index (κ2) is 4.75. The van der Waals surface area contributed by atoms with Crippen LogP contribution in [0.15, 0.2) is 24.1 Å². The van der Waals surface area contributed by atoms with E-state index in [0.29, 0.717) is 12.2 Å². The Balaban J connectivity index is 2.21. The lowest BCUT2D eigenvalue weighted by Crippen LogP contribution is -2.27. The molecule has 0 unspecified atom stereocenters. The number of rotatable bonds is 4. The van der Waals surface area contributed by atoms with Crippen LogP contribution in [0.3, 0.4) is 0 Å². The Kier molecular flexibility index (Phi) is 3.33. The largest absolute Gasteiger partial charge is 0.350 e. The van der Waals surface area contributed by atoms with Gasteiger partial charge in [-0.1, -0.05) is 6.08 Å². The van der Waals surface area contributed by atoms with Crippen LogP contribution in [0.5, 0.6) is 0 Å². The monoisotopic (exact) mass is 248 g/mol. The average molecular weight is 248 g/mol. The van der Waals surface area contributed by atoms with Gasteiger partial charge in [-0.3, -0.25) is 4.79 Å². The van der Waals surface area contributed by atoms with Gasteiger partial charge < -0.3 is 9.88 Å². The molecule has 0 saturated carbocycles. The summed E-state index contributed by atoms with van der Waals surface area (Å²) >= 11 is 1.66. The Morgan fingerprint density at radius 2 is 2.41 bits per heavy atom. The molecule has 0 atom stereocenters. The quantitative estimate of drug-likeness (QED) is 0.829. The topological polar surface area (TPSA) is 36.1 Å². The number of hydrogen-bond donors (Lipinski definition) is 1. The molecule has 0 aliphatic carbocycles. The first-order valence-electron chi connectivity index (χ1n) is 5.56. The Bertz CT molecular complexity index is 553. The van der Waals surface area contributed by atoms with Crippen molar-refractivity contribution in [1.29, 1.82) is 0 Å². The van der Waals surface area contributed by atoms with Crippen molar-refractivity contribution in [3.8, 4) is 0 Å². The zero-order valence-corrected chi connectivity index (χ0v) is 10.9. The molecule has 0 aliphatic rings. The molecule has 0 saturated heterocycles. The van der Waals surface area contributed by atoms with Crippen LogP contribution < -0.4 is 0 Å². The van der Waals surface area contributed by atoms with Crippen LogP contribution in [0, 0.1) is 6.92 Å². The number of thiophene rings is 1. The van der Waals surface area contributed by atoms with Crippen molar-refractivity contribution in [2.45, 2.75) is 13.3 Å². The van der Waals surface area contributed by atoms with Crippen LogP contribution in [-0.2, 0) is 0 Å². The fourth-order valence-corrected chi connectivity index (χ4v) is 2.68. The summed E-state index contributed by atoms with van der Waals surface area (Å²) in [7, 11) is 1.81. The number of aryl methyl sites for hydroxylation is 1. The Morgan fingerprint density at radius 1 is 1.65 bits per heavy atom. The lowest BCUT2D eigenvalue weighted by atomic mass is 10.3. The minimum Gasteiger partial charge on any atom is -0.350 e. The van der Waals surface area contributed by atoms with Crippen molar-refractivity contribution in [2.24, 2.45) is 0 Å². The molecule has 17 heavy (non-hydrogen) atoms. The molecule has 2 aromatic heterocycles. The molecule has 2 aromatic rings. The molecule has 2 rings (SSSR count). The van der Waals surface area contributed by atoms with Gasteiger partial charge in [0.2, 0.25) is 0 Å². The van der Waals surface area contributed by atoms with E-state index >= 15 is 0 Å². The number of H-pyrrole nitrogens is 1. The zero-order valence-electron chi connectivity index (χ0n) is 10.1. The lowest BCUT2D eigenvalue weighted by molar-refractivity contribution is 0.0792. The summed E-state index contributed by atoms with van der Waals surface area (Å²) in [5, 5.41) is 2.09. The highest BCUT2D eigenvalue weighted by Gasteiger charge is 2.15. The maximum atomic E-state index is 12.1. The fraction of sp³-hybridized carbons (Fsp3) is 0.308. The summed E-state index contributed by atoms with van der Waals surface area (Å²) in [6.07, 6.45) is 2.64. The van der Waals surface area contributed by atoms with Gasteiger partial charge in [-0.05, 0) is 30.4 Å². The van der Waals surface area contributed by atoms with Crippen LogP contribution in [0.2, 0.25) is 0 Å². The normalized spacial score (nSPS) is 10.7. The van der Waals surface area contributed by atoms with Crippen molar-refractivity contribution < 1.29 is 4.79 Å². The van der Waals surface area contributed by atoms with Crippen LogP contribution in [0.4, 0.5) is 0 Å². The van der Waals surface area contributed by atoms with Gasteiger partial charge in [-0.15, -0.1) is 17.9 Å². The Hall–Kier alpha value is -1.55. The number of fused-ring (bicyclic) bond motifs is 1. The predicted octanol–water partition coefficient (Wildman–Crippen LogP) is 3.19. The summed E-state index contributed by atoms with van der Waals surface area (Å²) in [6, 6.07) is 1.93. The molecular weight excluding hydrogens is 232 g/mol. The molecule has 90 valence electrons. The molecule has 4 heteroatoms. The van der Waals surface area contributed by atoms with Crippen LogP contribution in [0.25, 0.3) is 10.2 Å². The summed E-state index contributed by atoms with van der Waals surface area (Å²) in [4.78, 5) is 17.0. The number of aromatic nitrogens is 1. The summed E-state index contributed by atoms with van der Waals surface area (Å²) in [5.74, 6) is 0.0367. The van der Waals surface area contributed by atoms with Crippen molar-refractivity contribution in [2.75, 3.05) is 13.6 Å². The molecule has 0 spiro atoms. The number of carbonyl (C=O) groups is 1. The van der Waals surface area contributed by atoms with E-state index in [0.717, 1.165) is 16.6 Å². The summed E-state index contributed by atoms with van der Waals surface area (Å²) in [5.41, 5.74) is 2.94. The number of carbonyl (C=O) groups excluding carboxylic acids is 1. The van der Waals surface area contributed by atoms with E-state index in [-0.39, 0.29) is 5.91 Å². The first-order valence-corrected chi connectivity index (χ1v) is 6.44. The zero-order chi connectivity index (χ0) is 12.4. The maximum Gasteiger partial charge on any atom is 0.270 e. The van der Waals surface area contributed by atoms with E-state index < -0.39 is 0 Å². The molecule has 3 nitrogen and oxygen atoms in total. The number of nitrogens with zero attached hydrogens (tertiary/aromatic N) is 1. The smallest absolute Gasteiger partial charge is 0.270 e. The highest BCUT2D eigenvalue weighted by atomic mass is 32.1. The minimum atomic E-state index is 0.0367. The molecule has 0 fully saturated rings. The first-order chi connectivity index (χ1) is 8.13. The number of hydrogen-bond acceptors (Lipinski definition) is 2. The second-order valence-corrected chi connectivity index (χ2v) is 5.06. The van der Waals surface area contributed by atoms with Crippen molar-refractivity contribution in [3.63, 3.8) is 0 Å². The molecule has 0 bridgehead atoms. The van der Waals surface area contributed by atoms with E-state index in [4.69, 9.17) is 0 Å². The molecule has 0 aromatic carbocycles. The third-order valence-corrected chi connectivity index (χ3v) is 3.83. The lowest BCUT2D eigenvalue weighted by Gasteiger charge is -2.14. The average Bonchev–Trinajstić information content (AvgIpc) is 2.88. The van der Waals surface area contributed by atoms with E-state index in [1.807, 2.05) is 26.1 Å². The predicted molar refractivity (Wildman–Crippen MR) is 72.7 cm³/mol.